The summed E-state index contributed by atoms with van der Waals surface area (Å²) in [5.41, 5.74) is 5.38. The van der Waals surface area contributed by atoms with Crippen molar-refractivity contribution in [2.75, 3.05) is 0 Å². The first-order valence-electron chi connectivity index (χ1n) is 8.81. The van der Waals surface area contributed by atoms with Crippen molar-refractivity contribution in [3.05, 3.63) is 95.9 Å². The quantitative estimate of drug-likeness (QED) is 0.423. The molecule has 0 bridgehead atoms. The van der Waals surface area contributed by atoms with E-state index < -0.39 is 0 Å². The number of nitrogens with zero attached hydrogens (tertiary/aromatic N) is 3. The van der Waals surface area contributed by atoms with Gasteiger partial charge in [0.1, 0.15) is 11.5 Å². The molecule has 6 heteroatoms. The second-order valence-electron chi connectivity index (χ2n) is 6.19. The van der Waals surface area contributed by atoms with Crippen molar-refractivity contribution in [2.24, 2.45) is 5.10 Å². The Hall–Kier alpha value is -3.93. The molecule has 4 rings (SSSR count). The number of para-hydroxylation sites is 1. The predicted octanol–water partition coefficient (Wildman–Crippen LogP) is 4.20. The van der Waals surface area contributed by atoms with E-state index >= 15 is 0 Å². The summed E-state index contributed by atoms with van der Waals surface area (Å²) in [6.07, 6.45) is 3.42. The second-order valence-corrected chi connectivity index (χ2v) is 6.19. The Balaban J connectivity index is 1.63. The molecule has 138 valence electrons. The summed E-state index contributed by atoms with van der Waals surface area (Å²) < 4.78 is 7.49. The third kappa shape index (κ3) is 3.76. The molecule has 2 aromatic heterocycles. The highest BCUT2D eigenvalue weighted by atomic mass is 16.3. The lowest BCUT2D eigenvalue weighted by molar-refractivity contribution is 0.0955. The van der Waals surface area contributed by atoms with Crippen LogP contribution < -0.4 is 5.43 Å². The van der Waals surface area contributed by atoms with Gasteiger partial charge in [0, 0.05) is 17.3 Å². The number of carbonyl (C=O) groups is 1. The maximum Gasteiger partial charge on any atom is 0.271 e. The average Bonchev–Trinajstić information content (AvgIpc) is 3.35. The summed E-state index contributed by atoms with van der Waals surface area (Å²) in [5.74, 6) is 1.16. The van der Waals surface area contributed by atoms with Crippen LogP contribution in [0.4, 0.5) is 0 Å². The molecule has 6 nitrogen and oxygen atoms in total. The first-order valence-corrected chi connectivity index (χ1v) is 8.81. The van der Waals surface area contributed by atoms with Gasteiger partial charge in [-0.25, -0.2) is 10.1 Å². The van der Waals surface area contributed by atoms with E-state index in [1.54, 1.807) is 35.2 Å². The third-order valence-electron chi connectivity index (χ3n) is 4.14. The van der Waals surface area contributed by atoms with Crippen LogP contribution in [-0.4, -0.2) is 21.9 Å². The van der Waals surface area contributed by atoms with E-state index in [0.717, 1.165) is 17.0 Å². The second kappa shape index (κ2) is 7.75. The zero-order valence-corrected chi connectivity index (χ0v) is 15.2. The topological polar surface area (TPSA) is 72.4 Å². The number of hydrogen-bond acceptors (Lipinski definition) is 4. The zero-order chi connectivity index (χ0) is 19.3. The highest BCUT2D eigenvalue weighted by Crippen LogP contribution is 2.24. The highest BCUT2D eigenvalue weighted by Gasteiger charge is 2.14. The molecule has 0 atom stereocenters. The Labute approximate surface area is 162 Å². The lowest BCUT2D eigenvalue weighted by atomic mass is 10.2. The molecule has 1 amide bonds. The van der Waals surface area contributed by atoms with Crippen molar-refractivity contribution in [1.29, 1.82) is 0 Å². The maximum atomic E-state index is 12.2. The zero-order valence-electron chi connectivity index (χ0n) is 15.2. The average molecular weight is 370 g/mol. The monoisotopic (exact) mass is 370 g/mol. The Morgan fingerprint density at radius 3 is 2.43 bits per heavy atom. The van der Waals surface area contributed by atoms with Gasteiger partial charge >= 0.3 is 0 Å². The Morgan fingerprint density at radius 1 is 1.04 bits per heavy atom. The SMILES string of the molecule is Cc1ccc(-c2nn(-c3ccccc3)cc2/C=N\NC(=O)c2ccccc2)o1. The normalized spacial score (nSPS) is 11.0. The van der Waals surface area contributed by atoms with E-state index in [2.05, 4.69) is 15.6 Å². The van der Waals surface area contributed by atoms with Crippen LogP contribution in [-0.2, 0) is 0 Å². The van der Waals surface area contributed by atoms with Gasteiger partial charge in [0.15, 0.2) is 5.76 Å². The van der Waals surface area contributed by atoms with Crippen LogP contribution >= 0.6 is 0 Å². The minimum atomic E-state index is -0.275. The molecule has 2 heterocycles. The minimum Gasteiger partial charge on any atom is -0.460 e. The molecule has 2 aromatic carbocycles. The lowest BCUT2D eigenvalue weighted by Gasteiger charge is -1.98. The molecule has 0 aliphatic carbocycles. The summed E-state index contributed by atoms with van der Waals surface area (Å²) in [6.45, 7) is 1.88. The van der Waals surface area contributed by atoms with Crippen molar-refractivity contribution in [2.45, 2.75) is 6.92 Å². The van der Waals surface area contributed by atoms with E-state index in [4.69, 9.17) is 4.42 Å². The van der Waals surface area contributed by atoms with Crippen LogP contribution in [0.15, 0.2) is 88.5 Å². The van der Waals surface area contributed by atoms with Crippen LogP contribution in [0.2, 0.25) is 0 Å². The van der Waals surface area contributed by atoms with Crippen molar-refractivity contribution in [1.82, 2.24) is 15.2 Å². The number of carbonyl (C=O) groups excluding carboxylic acids is 1. The lowest BCUT2D eigenvalue weighted by Crippen LogP contribution is -2.17. The van der Waals surface area contributed by atoms with E-state index in [1.807, 2.05) is 61.7 Å². The van der Waals surface area contributed by atoms with Crippen LogP contribution in [0.3, 0.4) is 0 Å². The van der Waals surface area contributed by atoms with Gasteiger partial charge in [0.25, 0.3) is 5.91 Å². The van der Waals surface area contributed by atoms with Gasteiger partial charge in [0.05, 0.1) is 11.9 Å². The maximum absolute atomic E-state index is 12.2. The van der Waals surface area contributed by atoms with E-state index in [0.29, 0.717) is 17.0 Å². The van der Waals surface area contributed by atoms with Crippen molar-refractivity contribution in [3.8, 4) is 17.1 Å². The highest BCUT2D eigenvalue weighted by molar-refractivity contribution is 5.95. The number of rotatable bonds is 5. The minimum absolute atomic E-state index is 0.275. The molecule has 0 unspecified atom stereocenters. The number of aromatic nitrogens is 2. The Kier molecular flexibility index (Phi) is 4.84. The molecular weight excluding hydrogens is 352 g/mol. The van der Waals surface area contributed by atoms with Crippen LogP contribution in [0.25, 0.3) is 17.1 Å². The fourth-order valence-electron chi connectivity index (χ4n) is 2.76. The molecule has 0 saturated carbocycles. The van der Waals surface area contributed by atoms with Crippen molar-refractivity contribution in [3.63, 3.8) is 0 Å². The fraction of sp³-hybridized carbons (Fsp3) is 0.0455. The molecule has 0 spiro atoms. The summed E-state index contributed by atoms with van der Waals surface area (Å²) in [7, 11) is 0. The first kappa shape index (κ1) is 17.5. The van der Waals surface area contributed by atoms with Crippen LogP contribution in [0.5, 0.6) is 0 Å². The number of amides is 1. The van der Waals surface area contributed by atoms with E-state index in [1.165, 1.54) is 0 Å². The third-order valence-corrected chi connectivity index (χ3v) is 4.14. The molecule has 0 aliphatic rings. The molecule has 0 radical (unpaired) electrons. The van der Waals surface area contributed by atoms with Gasteiger partial charge in [-0.05, 0) is 43.3 Å². The fourth-order valence-corrected chi connectivity index (χ4v) is 2.76. The molecule has 4 aromatic rings. The van der Waals surface area contributed by atoms with Crippen molar-refractivity contribution >= 4 is 12.1 Å². The summed E-state index contributed by atoms with van der Waals surface area (Å²) in [6, 6.07) is 22.4. The van der Waals surface area contributed by atoms with Gasteiger partial charge in [-0.15, -0.1) is 0 Å². The largest absolute Gasteiger partial charge is 0.460 e. The van der Waals surface area contributed by atoms with Gasteiger partial charge < -0.3 is 4.42 Å². The first-order chi connectivity index (χ1) is 13.7. The molecule has 0 aliphatic heterocycles. The molecule has 0 fully saturated rings. The van der Waals surface area contributed by atoms with Crippen LogP contribution in [0.1, 0.15) is 21.7 Å². The predicted molar refractivity (Wildman–Crippen MR) is 108 cm³/mol. The van der Waals surface area contributed by atoms with Gasteiger partial charge in [-0.2, -0.15) is 10.2 Å². The van der Waals surface area contributed by atoms with Gasteiger partial charge in [-0.1, -0.05) is 36.4 Å². The van der Waals surface area contributed by atoms with Crippen molar-refractivity contribution < 1.29 is 9.21 Å². The van der Waals surface area contributed by atoms with Crippen LogP contribution in [0, 0.1) is 6.92 Å². The number of hydrazone groups is 1. The Bertz CT molecular complexity index is 1110. The van der Waals surface area contributed by atoms with Gasteiger partial charge in [0.2, 0.25) is 0 Å². The van der Waals surface area contributed by atoms with E-state index in [9.17, 15) is 4.79 Å². The van der Waals surface area contributed by atoms with E-state index in [-0.39, 0.29) is 5.91 Å². The number of aryl methyl sites for hydroxylation is 1. The number of nitrogens with one attached hydrogen (secondary N) is 1. The Morgan fingerprint density at radius 2 is 1.75 bits per heavy atom. The summed E-state index contributed by atoms with van der Waals surface area (Å²) in [5, 5.41) is 8.74. The summed E-state index contributed by atoms with van der Waals surface area (Å²) >= 11 is 0. The molecule has 1 N–H and O–H groups in total. The number of furan rings is 1. The molecule has 28 heavy (non-hydrogen) atoms. The van der Waals surface area contributed by atoms with Gasteiger partial charge in [-0.3, -0.25) is 4.79 Å². The standard InChI is InChI=1S/C22H18N4O2/c1-16-12-13-20(28-16)21-18(15-26(25-21)19-10-6-3-7-11-19)14-23-24-22(27)17-8-4-2-5-9-17/h2-15H,1H3,(H,24,27)/b23-14-. The summed E-state index contributed by atoms with van der Waals surface area (Å²) in [4.78, 5) is 12.2. The smallest absolute Gasteiger partial charge is 0.271 e. The number of hydrogen-bond donors (Lipinski definition) is 1. The molecule has 0 saturated heterocycles. The molecular formula is C22H18N4O2. The number of benzene rings is 2.